The van der Waals surface area contributed by atoms with Crippen molar-refractivity contribution in [1.29, 1.82) is 0 Å². The number of sulfonamides is 1. The molecule has 1 aliphatic heterocycles. The third-order valence-electron chi connectivity index (χ3n) is 4.72. The predicted molar refractivity (Wildman–Crippen MR) is 84.7 cm³/mol. The van der Waals surface area contributed by atoms with E-state index < -0.39 is 10.0 Å². The maximum Gasteiger partial charge on any atom is 0.214 e. The Labute approximate surface area is 132 Å². The van der Waals surface area contributed by atoms with Crippen molar-refractivity contribution < 1.29 is 13.2 Å². The van der Waals surface area contributed by atoms with E-state index in [-0.39, 0.29) is 17.9 Å². The number of aromatic nitrogens is 1. The van der Waals surface area contributed by atoms with Gasteiger partial charge in [-0.1, -0.05) is 19.4 Å². The Morgan fingerprint density at radius 1 is 1.36 bits per heavy atom. The average molecular weight is 324 g/mol. The van der Waals surface area contributed by atoms with E-state index in [2.05, 4.69) is 4.98 Å². The molecule has 3 rings (SSSR count). The van der Waals surface area contributed by atoms with E-state index in [1.807, 2.05) is 25.1 Å². The van der Waals surface area contributed by atoms with Crippen LogP contribution in [0.2, 0.25) is 0 Å². The van der Waals surface area contributed by atoms with Crippen LogP contribution in [-0.4, -0.2) is 42.2 Å². The highest BCUT2D eigenvalue weighted by Crippen LogP contribution is 2.41. The van der Waals surface area contributed by atoms with Crippen molar-refractivity contribution in [2.24, 2.45) is 5.92 Å². The summed E-state index contributed by atoms with van der Waals surface area (Å²) in [6.45, 7) is 3.11. The fraction of sp³-hybridized carbons (Fsp3) is 0.688. The molecule has 2 heterocycles. The molecule has 0 amide bonds. The van der Waals surface area contributed by atoms with Gasteiger partial charge in [0.1, 0.15) is 0 Å². The number of nitrogens with zero attached hydrogens (tertiary/aromatic N) is 2. The molecule has 1 aliphatic carbocycles. The normalized spacial score (nSPS) is 28.3. The summed E-state index contributed by atoms with van der Waals surface area (Å²) < 4.78 is 32.7. The Balaban J connectivity index is 1.63. The smallest absolute Gasteiger partial charge is 0.214 e. The Morgan fingerprint density at radius 2 is 2.23 bits per heavy atom. The summed E-state index contributed by atoms with van der Waals surface area (Å²) >= 11 is 0. The molecule has 122 valence electrons. The molecule has 1 saturated heterocycles. The van der Waals surface area contributed by atoms with Crippen molar-refractivity contribution in [2.75, 3.05) is 12.3 Å². The zero-order valence-corrected chi connectivity index (χ0v) is 13.8. The number of hydrogen-bond acceptors (Lipinski definition) is 4. The summed E-state index contributed by atoms with van der Waals surface area (Å²) in [5.74, 6) is 0.602. The Hall–Kier alpha value is -0.980. The van der Waals surface area contributed by atoms with Crippen molar-refractivity contribution in [3.63, 3.8) is 0 Å². The zero-order chi connectivity index (χ0) is 15.6. The molecule has 2 aliphatic rings. The average Bonchev–Trinajstić information content (AvgIpc) is 3.09. The topological polar surface area (TPSA) is 59.5 Å². The van der Waals surface area contributed by atoms with Crippen molar-refractivity contribution >= 4 is 10.0 Å². The predicted octanol–water partition coefficient (Wildman–Crippen LogP) is 2.19. The van der Waals surface area contributed by atoms with Gasteiger partial charge in [0.25, 0.3) is 0 Å². The number of piperidine rings is 1. The first kappa shape index (κ1) is 15.9. The number of rotatable bonds is 7. The fourth-order valence-electron chi connectivity index (χ4n) is 3.57. The lowest BCUT2D eigenvalue weighted by atomic mass is 10.1. The van der Waals surface area contributed by atoms with E-state index in [0.29, 0.717) is 19.1 Å². The highest BCUT2D eigenvalue weighted by Gasteiger charge is 2.51. The molecule has 1 saturated carbocycles. The molecule has 6 heteroatoms. The van der Waals surface area contributed by atoms with Crippen LogP contribution in [0.15, 0.2) is 24.4 Å². The van der Waals surface area contributed by atoms with Gasteiger partial charge in [0, 0.05) is 18.7 Å². The van der Waals surface area contributed by atoms with E-state index in [0.717, 1.165) is 31.4 Å². The van der Waals surface area contributed by atoms with Gasteiger partial charge in [-0.05, 0) is 31.4 Å². The Bertz CT molecular complexity index is 591. The lowest BCUT2D eigenvalue weighted by molar-refractivity contribution is 0.0200. The summed E-state index contributed by atoms with van der Waals surface area (Å²) in [5, 5.41) is 0. The first-order valence-electron chi connectivity index (χ1n) is 8.13. The van der Waals surface area contributed by atoms with Crippen LogP contribution < -0.4 is 0 Å². The number of unbranched alkanes of at least 4 members (excludes halogenated alkanes) is 1. The van der Waals surface area contributed by atoms with Crippen LogP contribution in [0.4, 0.5) is 0 Å². The molecule has 22 heavy (non-hydrogen) atoms. The van der Waals surface area contributed by atoms with Gasteiger partial charge in [0.15, 0.2) is 0 Å². The minimum atomic E-state index is -3.13. The van der Waals surface area contributed by atoms with E-state index in [1.165, 1.54) is 0 Å². The fourth-order valence-corrected chi connectivity index (χ4v) is 5.52. The van der Waals surface area contributed by atoms with E-state index in [1.54, 1.807) is 10.5 Å². The van der Waals surface area contributed by atoms with E-state index in [9.17, 15) is 8.42 Å². The number of fused-ring (bicyclic) bond motifs is 2. The van der Waals surface area contributed by atoms with Gasteiger partial charge in [-0.15, -0.1) is 0 Å². The van der Waals surface area contributed by atoms with Gasteiger partial charge >= 0.3 is 0 Å². The highest BCUT2D eigenvalue weighted by molar-refractivity contribution is 7.89. The van der Waals surface area contributed by atoms with E-state index in [4.69, 9.17) is 4.74 Å². The Morgan fingerprint density at radius 3 is 2.95 bits per heavy atom. The SMILES string of the molecule is CCCCS(=O)(=O)N1CC2CCC1C2OCc1ccccn1. The van der Waals surface area contributed by atoms with Crippen LogP contribution in [0.1, 0.15) is 38.3 Å². The summed E-state index contributed by atoms with van der Waals surface area (Å²) in [4.78, 5) is 4.26. The van der Waals surface area contributed by atoms with Gasteiger partial charge in [0.2, 0.25) is 10.0 Å². The first-order valence-corrected chi connectivity index (χ1v) is 9.74. The van der Waals surface area contributed by atoms with Gasteiger partial charge in [-0.3, -0.25) is 4.98 Å². The van der Waals surface area contributed by atoms with Crippen LogP contribution in [0.3, 0.4) is 0 Å². The van der Waals surface area contributed by atoms with Crippen molar-refractivity contribution in [2.45, 2.75) is 51.4 Å². The van der Waals surface area contributed by atoms with Gasteiger partial charge < -0.3 is 4.74 Å². The summed E-state index contributed by atoms with van der Waals surface area (Å²) in [6, 6.07) is 5.78. The molecule has 0 aromatic carbocycles. The number of hydrogen-bond donors (Lipinski definition) is 0. The van der Waals surface area contributed by atoms with Crippen LogP contribution in [0, 0.1) is 5.92 Å². The summed E-state index contributed by atoms with van der Waals surface area (Å²) in [5.41, 5.74) is 0.897. The lowest BCUT2D eigenvalue weighted by Gasteiger charge is -2.26. The molecule has 3 unspecified atom stereocenters. The zero-order valence-electron chi connectivity index (χ0n) is 13.0. The molecule has 2 bridgehead atoms. The molecule has 3 atom stereocenters. The van der Waals surface area contributed by atoms with Crippen LogP contribution in [0.25, 0.3) is 0 Å². The van der Waals surface area contributed by atoms with Crippen LogP contribution in [-0.2, 0) is 21.4 Å². The maximum atomic E-state index is 12.5. The van der Waals surface area contributed by atoms with Crippen LogP contribution >= 0.6 is 0 Å². The molecule has 1 aromatic heterocycles. The van der Waals surface area contributed by atoms with Gasteiger partial charge in [-0.2, -0.15) is 4.31 Å². The largest absolute Gasteiger partial charge is 0.370 e. The number of pyridine rings is 1. The third kappa shape index (κ3) is 3.19. The van der Waals surface area contributed by atoms with Gasteiger partial charge in [0.05, 0.1) is 30.2 Å². The molecule has 2 fully saturated rings. The van der Waals surface area contributed by atoms with Gasteiger partial charge in [-0.25, -0.2) is 8.42 Å². The highest BCUT2D eigenvalue weighted by atomic mass is 32.2. The second kappa shape index (κ2) is 6.64. The first-order chi connectivity index (χ1) is 10.6. The van der Waals surface area contributed by atoms with Crippen LogP contribution in [0.5, 0.6) is 0 Å². The van der Waals surface area contributed by atoms with E-state index >= 15 is 0 Å². The minimum absolute atomic E-state index is 0.0237. The molecular formula is C16H24N2O3S. The maximum absolute atomic E-state index is 12.5. The Kier molecular flexibility index (Phi) is 4.80. The number of ether oxygens (including phenoxy) is 1. The van der Waals surface area contributed by atoms with Crippen molar-refractivity contribution in [1.82, 2.24) is 9.29 Å². The monoisotopic (exact) mass is 324 g/mol. The van der Waals surface area contributed by atoms with Crippen molar-refractivity contribution in [3.8, 4) is 0 Å². The quantitative estimate of drug-likeness (QED) is 0.771. The molecule has 5 nitrogen and oxygen atoms in total. The van der Waals surface area contributed by atoms with Crippen molar-refractivity contribution in [3.05, 3.63) is 30.1 Å². The lowest BCUT2D eigenvalue weighted by Crippen LogP contribution is -2.41. The second-order valence-corrected chi connectivity index (χ2v) is 8.28. The molecule has 0 spiro atoms. The third-order valence-corrected chi connectivity index (χ3v) is 6.66. The molecule has 0 radical (unpaired) electrons. The molecular weight excluding hydrogens is 300 g/mol. The molecule has 1 aromatic rings. The minimum Gasteiger partial charge on any atom is -0.370 e. The summed E-state index contributed by atoms with van der Waals surface area (Å²) in [7, 11) is -3.13. The molecule has 0 N–H and O–H groups in total. The standard InChI is InChI=1S/C16H24N2O3S/c1-2-3-10-22(19,20)18-11-13-7-8-15(18)16(13)21-12-14-6-4-5-9-17-14/h4-6,9,13,15-16H,2-3,7-8,10-12H2,1H3. The second-order valence-electron chi connectivity index (χ2n) is 6.24. The summed E-state index contributed by atoms with van der Waals surface area (Å²) in [6.07, 6.45) is 5.40.